The van der Waals surface area contributed by atoms with E-state index in [9.17, 15) is 19.5 Å². The molecule has 1 aliphatic carbocycles. The molecule has 2 aromatic rings. The Morgan fingerprint density at radius 3 is 2.12 bits per heavy atom. The summed E-state index contributed by atoms with van der Waals surface area (Å²) in [5.74, 6) is -1.16. The molecular formula is C25H30N2O6. The van der Waals surface area contributed by atoms with Crippen molar-refractivity contribution in [3.63, 3.8) is 0 Å². The smallest absolute Gasteiger partial charge is 0.407 e. The van der Waals surface area contributed by atoms with Gasteiger partial charge in [-0.3, -0.25) is 9.59 Å². The van der Waals surface area contributed by atoms with E-state index in [0.717, 1.165) is 22.3 Å². The van der Waals surface area contributed by atoms with Crippen LogP contribution in [0.25, 0.3) is 11.1 Å². The minimum atomic E-state index is -0.809. The summed E-state index contributed by atoms with van der Waals surface area (Å²) in [5.41, 5.74) is 3.78. The van der Waals surface area contributed by atoms with Gasteiger partial charge in [0.05, 0.1) is 19.1 Å². The normalized spacial score (nSPS) is 13.5. The monoisotopic (exact) mass is 454 g/mol. The van der Waals surface area contributed by atoms with Crippen molar-refractivity contribution in [2.24, 2.45) is 0 Å². The number of nitrogens with one attached hydrogen (secondary N) is 2. The van der Waals surface area contributed by atoms with Gasteiger partial charge in [0.2, 0.25) is 5.91 Å². The van der Waals surface area contributed by atoms with Crippen molar-refractivity contribution in [3.8, 4) is 11.1 Å². The topological polar surface area (TPSA) is 114 Å². The Morgan fingerprint density at radius 1 is 1.00 bits per heavy atom. The molecule has 0 heterocycles. The van der Waals surface area contributed by atoms with Crippen molar-refractivity contribution in [3.05, 3.63) is 59.7 Å². The fourth-order valence-electron chi connectivity index (χ4n) is 3.83. The zero-order valence-corrected chi connectivity index (χ0v) is 19.1. The Kier molecular flexibility index (Phi) is 7.71. The summed E-state index contributed by atoms with van der Waals surface area (Å²) in [4.78, 5) is 36.2. The van der Waals surface area contributed by atoms with Crippen molar-refractivity contribution < 1.29 is 29.0 Å². The third kappa shape index (κ3) is 6.55. The number of esters is 1. The second kappa shape index (κ2) is 10.5. The number of carbonyl (C=O) groups excluding carboxylic acids is 3. The predicted octanol–water partition coefficient (Wildman–Crippen LogP) is 2.73. The highest BCUT2D eigenvalue weighted by Crippen LogP contribution is 2.44. The van der Waals surface area contributed by atoms with Gasteiger partial charge in [-0.1, -0.05) is 48.5 Å². The number of hydrogen-bond acceptors (Lipinski definition) is 6. The molecule has 8 nitrogen and oxygen atoms in total. The zero-order valence-electron chi connectivity index (χ0n) is 19.1. The number of aliphatic hydroxyl groups excluding tert-OH is 1. The lowest BCUT2D eigenvalue weighted by Crippen LogP contribution is -2.45. The molecule has 2 amide bonds. The minimum Gasteiger partial charge on any atom is -0.460 e. The molecule has 3 N–H and O–H groups in total. The number of fused-ring (bicyclic) bond motifs is 3. The fourth-order valence-corrected chi connectivity index (χ4v) is 3.83. The van der Waals surface area contributed by atoms with Crippen LogP contribution in [0.1, 0.15) is 44.2 Å². The van der Waals surface area contributed by atoms with E-state index in [-0.39, 0.29) is 25.5 Å². The molecule has 2 aromatic carbocycles. The number of alkyl carbamates (subject to hydrolysis) is 1. The van der Waals surface area contributed by atoms with Crippen molar-refractivity contribution in [2.75, 3.05) is 19.8 Å². The molecule has 0 aromatic heterocycles. The maximum atomic E-state index is 12.2. The van der Waals surface area contributed by atoms with E-state index >= 15 is 0 Å². The van der Waals surface area contributed by atoms with Gasteiger partial charge in [0, 0.05) is 5.92 Å². The van der Waals surface area contributed by atoms with Gasteiger partial charge >= 0.3 is 12.1 Å². The average molecular weight is 455 g/mol. The Labute approximate surface area is 193 Å². The molecule has 0 saturated heterocycles. The summed E-state index contributed by atoms with van der Waals surface area (Å²) in [6.07, 6.45) is -0.899. The molecule has 0 saturated carbocycles. The number of amides is 2. The van der Waals surface area contributed by atoms with Crippen LogP contribution in [0.15, 0.2) is 48.5 Å². The van der Waals surface area contributed by atoms with E-state index < -0.39 is 36.2 Å². The SMILES string of the molecule is CC(C)(C)OC(=O)C[C@@H](CO)NC(=O)CNC(=O)OCC1c2ccccc2-c2ccccc21. The summed E-state index contributed by atoms with van der Waals surface area (Å²) in [5, 5.41) is 14.3. The maximum Gasteiger partial charge on any atom is 0.407 e. The zero-order chi connectivity index (χ0) is 24.0. The van der Waals surface area contributed by atoms with E-state index in [2.05, 4.69) is 10.6 Å². The number of hydrogen-bond donors (Lipinski definition) is 3. The van der Waals surface area contributed by atoms with Gasteiger partial charge < -0.3 is 25.2 Å². The van der Waals surface area contributed by atoms with Crippen LogP contribution in [0.3, 0.4) is 0 Å². The molecule has 176 valence electrons. The van der Waals surface area contributed by atoms with Crippen molar-refractivity contribution in [1.82, 2.24) is 10.6 Å². The van der Waals surface area contributed by atoms with Crippen LogP contribution < -0.4 is 10.6 Å². The Balaban J connectivity index is 1.47. The Morgan fingerprint density at radius 2 is 1.58 bits per heavy atom. The van der Waals surface area contributed by atoms with Gasteiger partial charge in [-0.2, -0.15) is 0 Å². The molecule has 33 heavy (non-hydrogen) atoms. The van der Waals surface area contributed by atoms with E-state index in [1.165, 1.54) is 0 Å². The predicted molar refractivity (Wildman–Crippen MR) is 123 cm³/mol. The highest BCUT2D eigenvalue weighted by atomic mass is 16.6. The average Bonchev–Trinajstić information content (AvgIpc) is 3.08. The molecule has 1 atom stereocenters. The van der Waals surface area contributed by atoms with Gasteiger partial charge in [-0.25, -0.2) is 4.79 Å². The lowest BCUT2D eigenvalue weighted by molar-refractivity contribution is -0.155. The standard InChI is InChI=1S/C25H30N2O6/c1-25(2,3)33-23(30)12-16(14-28)27-22(29)13-26-24(31)32-15-21-19-10-6-4-8-17(19)18-9-5-7-11-20(18)21/h4-11,16,21,28H,12-15H2,1-3H3,(H,26,31)(H,27,29)/t16-/m0/s1. The molecule has 0 radical (unpaired) electrons. The van der Waals surface area contributed by atoms with Crippen LogP contribution >= 0.6 is 0 Å². The summed E-state index contributed by atoms with van der Waals surface area (Å²) < 4.78 is 10.6. The van der Waals surface area contributed by atoms with Crippen LogP contribution in [-0.2, 0) is 19.1 Å². The Bertz CT molecular complexity index is 968. The largest absolute Gasteiger partial charge is 0.460 e. The minimum absolute atomic E-state index is 0.0791. The van der Waals surface area contributed by atoms with E-state index in [1.807, 2.05) is 48.5 Å². The number of benzene rings is 2. The van der Waals surface area contributed by atoms with E-state index in [0.29, 0.717) is 0 Å². The lowest BCUT2D eigenvalue weighted by atomic mass is 9.98. The number of carbonyl (C=O) groups is 3. The van der Waals surface area contributed by atoms with Crippen LogP contribution in [0.2, 0.25) is 0 Å². The molecule has 0 bridgehead atoms. The van der Waals surface area contributed by atoms with Crippen molar-refractivity contribution in [1.29, 1.82) is 0 Å². The third-order valence-electron chi connectivity index (χ3n) is 5.16. The number of rotatable bonds is 8. The molecule has 0 aliphatic heterocycles. The summed E-state index contributed by atoms with van der Waals surface area (Å²) >= 11 is 0. The fraction of sp³-hybridized carbons (Fsp3) is 0.400. The first kappa shape index (κ1) is 24.3. The van der Waals surface area contributed by atoms with Gasteiger partial charge in [-0.05, 0) is 43.0 Å². The maximum absolute atomic E-state index is 12.2. The molecule has 1 aliphatic rings. The van der Waals surface area contributed by atoms with Crippen molar-refractivity contribution in [2.45, 2.75) is 44.8 Å². The van der Waals surface area contributed by atoms with Gasteiger partial charge in [0.25, 0.3) is 0 Å². The molecular weight excluding hydrogens is 424 g/mol. The van der Waals surface area contributed by atoms with Crippen LogP contribution in [0, 0.1) is 0 Å². The first-order chi connectivity index (χ1) is 15.7. The van der Waals surface area contributed by atoms with E-state index in [1.54, 1.807) is 20.8 Å². The molecule has 8 heteroatoms. The first-order valence-corrected chi connectivity index (χ1v) is 10.9. The third-order valence-corrected chi connectivity index (χ3v) is 5.16. The molecule has 3 rings (SSSR count). The second-order valence-electron chi connectivity index (χ2n) is 8.92. The number of aliphatic hydroxyl groups is 1. The lowest BCUT2D eigenvalue weighted by Gasteiger charge is -2.22. The van der Waals surface area contributed by atoms with Crippen LogP contribution in [0.5, 0.6) is 0 Å². The first-order valence-electron chi connectivity index (χ1n) is 10.9. The van der Waals surface area contributed by atoms with E-state index in [4.69, 9.17) is 9.47 Å². The van der Waals surface area contributed by atoms with Gasteiger partial charge in [0.15, 0.2) is 0 Å². The Hall–Kier alpha value is -3.39. The number of ether oxygens (including phenoxy) is 2. The van der Waals surface area contributed by atoms with Crippen molar-refractivity contribution >= 4 is 18.0 Å². The molecule has 0 unspecified atom stereocenters. The summed E-state index contributed by atoms with van der Waals surface area (Å²) in [6, 6.07) is 15.2. The quantitative estimate of drug-likeness (QED) is 0.529. The van der Waals surface area contributed by atoms with Crippen LogP contribution in [-0.4, -0.2) is 54.5 Å². The van der Waals surface area contributed by atoms with Gasteiger partial charge in [-0.15, -0.1) is 0 Å². The highest BCUT2D eigenvalue weighted by Gasteiger charge is 2.29. The summed E-state index contributed by atoms with van der Waals surface area (Å²) in [6.45, 7) is 4.55. The highest BCUT2D eigenvalue weighted by molar-refractivity contribution is 5.83. The van der Waals surface area contributed by atoms with Gasteiger partial charge in [0.1, 0.15) is 18.8 Å². The van der Waals surface area contributed by atoms with Crippen LogP contribution in [0.4, 0.5) is 4.79 Å². The second-order valence-corrected chi connectivity index (χ2v) is 8.92. The molecule has 0 fully saturated rings. The summed E-state index contributed by atoms with van der Waals surface area (Å²) in [7, 11) is 0. The molecule has 0 spiro atoms.